The lowest BCUT2D eigenvalue weighted by Crippen LogP contribution is -2.49. The zero-order valence-electron chi connectivity index (χ0n) is 30.8. The van der Waals surface area contributed by atoms with Gasteiger partial charge in [0.25, 0.3) is 11.8 Å². The van der Waals surface area contributed by atoms with E-state index in [1.165, 1.54) is 4.90 Å². The van der Waals surface area contributed by atoms with Gasteiger partial charge in [0, 0.05) is 65.5 Å². The lowest BCUT2D eigenvalue weighted by Gasteiger charge is -2.42. The predicted octanol–water partition coefficient (Wildman–Crippen LogP) is 5.24. The van der Waals surface area contributed by atoms with Gasteiger partial charge < -0.3 is 29.1 Å². The van der Waals surface area contributed by atoms with Crippen molar-refractivity contribution in [2.24, 2.45) is 5.41 Å². The topological polar surface area (TPSA) is 118 Å². The number of hydrogen-bond donors (Lipinski definition) is 0. The van der Waals surface area contributed by atoms with E-state index < -0.39 is 11.6 Å². The molecule has 1 fully saturated rings. The van der Waals surface area contributed by atoms with Gasteiger partial charge in [-0.15, -0.1) is 0 Å². The fraction of sp³-hybridized carbons (Fsp3) is 0.649. The Kier molecular flexibility index (Phi) is 12.4. The Hall–Kier alpha value is -4.09. The van der Waals surface area contributed by atoms with Gasteiger partial charge in [-0.1, -0.05) is 18.6 Å². The van der Waals surface area contributed by atoms with Crippen molar-refractivity contribution < 1.29 is 28.7 Å². The van der Waals surface area contributed by atoms with E-state index in [9.17, 15) is 19.2 Å². The zero-order valence-corrected chi connectivity index (χ0v) is 30.8. The summed E-state index contributed by atoms with van der Waals surface area (Å²) in [5.41, 5.74) is 0.926. The van der Waals surface area contributed by atoms with E-state index in [0.717, 1.165) is 32.1 Å². The number of para-hydroxylation sites is 1. The zero-order chi connectivity index (χ0) is 35.9. The molecule has 49 heavy (non-hydrogen) atoms. The summed E-state index contributed by atoms with van der Waals surface area (Å²) in [6, 6.07) is 6.50. The molecule has 3 heterocycles. The molecule has 0 radical (unpaired) electrons. The molecule has 2 aliphatic rings. The second-order valence-electron chi connectivity index (χ2n) is 14.8. The third-order valence-electron chi connectivity index (χ3n) is 9.85. The van der Waals surface area contributed by atoms with Gasteiger partial charge in [-0.05, 0) is 85.3 Å². The van der Waals surface area contributed by atoms with Crippen LogP contribution in [0.2, 0.25) is 0 Å². The number of nitrogens with zero attached hydrogens (tertiary/aromatic N) is 6. The Bertz CT molecular complexity index is 1470. The summed E-state index contributed by atoms with van der Waals surface area (Å²) in [7, 11) is 5.23. The number of fused-ring (bicyclic) bond motifs is 1. The SMILES string of the molecule is CCn1cc(C(=O)N(C)CCC[C@H]2C(=O)N(C)CCCCC3(CCN(C(=O)OC(C)(C)C)CC3)COc3ccccc3C(=O)N2C)c(C)n1. The average molecular weight is 681 g/mol. The van der Waals surface area contributed by atoms with E-state index in [2.05, 4.69) is 5.10 Å². The number of likely N-dealkylation sites (N-methyl/N-ethyl adjacent to an activating group) is 2. The Morgan fingerprint density at radius 3 is 2.41 bits per heavy atom. The molecule has 1 aromatic heterocycles. The van der Waals surface area contributed by atoms with Gasteiger partial charge in [-0.3, -0.25) is 19.1 Å². The maximum absolute atomic E-state index is 14.1. The van der Waals surface area contributed by atoms with Crippen LogP contribution in [-0.2, 0) is 16.1 Å². The van der Waals surface area contributed by atoms with Gasteiger partial charge in [-0.25, -0.2) is 4.79 Å². The first-order chi connectivity index (χ1) is 23.1. The number of hydrogen-bond acceptors (Lipinski definition) is 7. The Balaban J connectivity index is 1.48. The van der Waals surface area contributed by atoms with Gasteiger partial charge in [0.1, 0.15) is 17.4 Å². The van der Waals surface area contributed by atoms with Crippen molar-refractivity contribution in [2.45, 2.75) is 97.8 Å². The molecule has 2 aromatic rings. The molecule has 1 atom stereocenters. The molecule has 12 heteroatoms. The Morgan fingerprint density at radius 1 is 1.06 bits per heavy atom. The maximum atomic E-state index is 14.1. The first-order valence-electron chi connectivity index (χ1n) is 17.7. The molecule has 1 saturated heterocycles. The highest BCUT2D eigenvalue weighted by Crippen LogP contribution is 2.38. The molecule has 4 rings (SSSR count). The molecule has 12 nitrogen and oxygen atoms in total. The predicted molar refractivity (Wildman–Crippen MR) is 188 cm³/mol. The minimum atomic E-state index is -0.704. The van der Waals surface area contributed by atoms with Gasteiger partial charge in [0.05, 0.1) is 23.4 Å². The summed E-state index contributed by atoms with van der Waals surface area (Å²) in [4.78, 5) is 60.6. The van der Waals surface area contributed by atoms with Crippen LogP contribution in [-0.4, -0.2) is 119 Å². The van der Waals surface area contributed by atoms with Gasteiger partial charge >= 0.3 is 6.09 Å². The highest BCUT2D eigenvalue weighted by Gasteiger charge is 2.39. The van der Waals surface area contributed by atoms with Crippen LogP contribution >= 0.6 is 0 Å². The number of carbonyl (C=O) groups excluding carboxylic acids is 4. The maximum Gasteiger partial charge on any atom is 0.410 e. The molecule has 2 aliphatic heterocycles. The number of rotatable bonds is 6. The monoisotopic (exact) mass is 680 g/mol. The highest BCUT2D eigenvalue weighted by atomic mass is 16.6. The van der Waals surface area contributed by atoms with Gasteiger partial charge in [0.15, 0.2) is 0 Å². The third kappa shape index (κ3) is 9.54. The van der Waals surface area contributed by atoms with Crippen LogP contribution in [0.4, 0.5) is 4.79 Å². The van der Waals surface area contributed by atoms with Crippen LogP contribution in [0.1, 0.15) is 99.1 Å². The van der Waals surface area contributed by atoms with Crippen molar-refractivity contribution in [3.8, 4) is 5.75 Å². The smallest absolute Gasteiger partial charge is 0.410 e. The second kappa shape index (κ2) is 16.1. The molecule has 4 amide bonds. The Morgan fingerprint density at radius 2 is 1.76 bits per heavy atom. The summed E-state index contributed by atoms with van der Waals surface area (Å²) in [5.74, 6) is -0.0466. The third-order valence-corrected chi connectivity index (χ3v) is 9.85. The quantitative estimate of drug-likeness (QED) is 0.410. The molecule has 0 N–H and O–H groups in total. The minimum absolute atomic E-state index is 0.115. The number of likely N-dealkylation sites (tertiary alicyclic amines) is 1. The second-order valence-corrected chi connectivity index (χ2v) is 14.8. The molecule has 0 aliphatic carbocycles. The minimum Gasteiger partial charge on any atom is -0.492 e. The van der Waals surface area contributed by atoms with Crippen molar-refractivity contribution in [3.63, 3.8) is 0 Å². The fourth-order valence-electron chi connectivity index (χ4n) is 6.70. The molecule has 0 bridgehead atoms. The lowest BCUT2D eigenvalue weighted by molar-refractivity contribution is -0.134. The van der Waals surface area contributed by atoms with E-state index in [4.69, 9.17) is 9.47 Å². The number of aryl methyl sites for hydroxylation is 2. The fourth-order valence-corrected chi connectivity index (χ4v) is 6.70. The van der Waals surface area contributed by atoms with Crippen LogP contribution in [0.25, 0.3) is 0 Å². The molecule has 0 saturated carbocycles. The van der Waals surface area contributed by atoms with E-state index in [1.54, 1.807) is 58.9 Å². The van der Waals surface area contributed by atoms with Crippen LogP contribution in [0, 0.1) is 12.3 Å². The standard InChI is InChI=1S/C37H56N6O6/c1-9-43-25-29(27(2)38-43)32(44)39(6)22-14-16-30-34(46)40(7)21-13-12-18-37(19-23-42(24-20-37)35(47)49-36(3,4)5)26-48-31-17-11-10-15-28(31)33(45)41(30)8/h10-11,15,17,25,30H,9,12-14,16,18-24,26H2,1-8H3/t30-/m0/s1. The summed E-state index contributed by atoms with van der Waals surface area (Å²) >= 11 is 0. The van der Waals surface area contributed by atoms with E-state index in [-0.39, 0.29) is 29.2 Å². The van der Waals surface area contributed by atoms with E-state index >= 15 is 0 Å². The number of piperidine rings is 1. The van der Waals surface area contributed by atoms with Crippen LogP contribution in [0.5, 0.6) is 5.75 Å². The number of carbonyl (C=O) groups is 4. The largest absolute Gasteiger partial charge is 0.492 e. The summed E-state index contributed by atoms with van der Waals surface area (Å²) in [6.45, 7) is 12.7. The van der Waals surface area contributed by atoms with Crippen molar-refractivity contribution in [2.75, 3.05) is 53.9 Å². The molecule has 1 aromatic carbocycles. The number of aromatic nitrogens is 2. The molecule has 1 spiro atoms. The number of ether oxygens (including phenoxy) is 2. The van der Waals surface area contributed by atoms with Gasteiger partial charge in [-0.2, -0.15) is 5.10 Å². The normalized spacial score (nSPS) is 19.3. The molecular weight excluding hydrogens is 624 g/mol. The summed E-state index contributed by atoms with van der Waals surface area (Å²) in [6.07, 6.45) is 6.52. The first kappa shape index (κ1) is 37.7. The average Bonchev–Trinajstić information content (AvgIpc) is 3.46. The highest BCUT2D eigenvalue weighted by molar-refractivity contribution is 5.99. The lowest BCUT2D eigenvalue weighted by atomic mass is 9.75. The number of amides is 4. The van der Waals surface area contributed by atoms with Crippen molar-refractivity contribution >= 4 is 23.8 Å². The summed E-state index contributed by atoms with van der Waals surface area (Å²) in [5, 5.41) is 4.39. The first-order valence-corrected chi connectivity index (χ1v) is 17.7. The van der Waals surface area contributed by atoms with Crippen LogP contribution < -0.4 is 4.74 Å². The van der Waals surface area contributed by atoms with Crippen molar-refractivity contribution in [3.05, 3.63) is 47.3 Å². The van der Waals surface area contributed by atoms with Crippen LogP contribution in [0.15, 0.2) is 30.5 Å². The molecule has 270 valence electrons. The summed E-state index contributed by atoms with van der Waals surface area (Å²) < 4.78 is 13.8. The van der Waals surface area contributed by atoms with E-state index in [1.807, 2.05) is 46.8 Å². The molecular formula is C37H56N6O6. The number of benzene rings is 1. The Labute approximate surface area is 291 Å². The van der Waals surface area contributed by atoms with Gasteiger partial charge in [0.2, 0.25) is 5.91 Å². The molecule has 0 unspecified atom stereocenters. The van der Waals surface area contributed by atoms with E-state index in [0.29, 0.717) is 74.7 Å². The van der Waals surface area contributed by atoms with Crippen molar-refractivity contribution in [1.82, 2.24) is 29.4 Å². The van der Waals surface area contributed by atoms with Crippen LogP contribution in [0.3, 0.4) is 0 Å². The van der Waals surface area contributed by atoms with Crippen molar-refractivity contribution in [1.29, 1.82) is 0 Å².